The molecule has 0 bridgehead atoms. The lowest BCUT2D eigenvalue weighted by Gasteiger charge is -2.24. The van der Waals surface area contributed by atoms with Gasteiger partial charge in [-0.3, -0.25) is 9.69 Å². The molecular formula is C22H18F2N2O4S. The fraction of sp³-hybridized carbons (Fsp3) is 0.182. The first-order chi connectivity index (χ1) is 14.6. The molecular weight excluding hydrogens is 426 g/mol. The third-order valence-electron chi connectivity index (χ3n) is 5.43. The molecule has 160 valence electrons. The van der Waals surface area contributed by atoms with E-state index in [1.807, 2.05) is 36.4 Å². The van der Waals surface area contributed by atoms with E-state index in [1.165, 1.54) is 12.1 Å². The zero-order chi connectivity index (χ0) is 22.4. The highest BCUT2D eigenvalue weighted by Gasteiger charge is 2.49. The number of sulfone groups is 1. The van der Waals surface area contributed by atoms with E-state index < -0.39 is 38.0 Å². The molecule has 1 heterocycles. The van der Waals surface area contributed by atoms with Crippen LogP contribution in [0.25, 0.3) is 10.8 Å². The molecule has 31 heavy (non-hydrogen) atoms. The van der Waals surface area contributed by atoms with Crippen LogP contribution in [0.15, 0.2) is 71.6 Å². The number of urea groups is 1. The van der Waals surface area contributed by atoms with E-state index in [-0.39, 0.29) is 6.54 Å². The maximum atomic E-state index is 13.2. The Bertz CT molecular complexity index is 1290. The smallest absolute Gasteiger partial charge is 0.319 e. The summed E-state index contributed by atoms with van der Waals surface area (Å²) in [7, 11) is -4.71. The number of fused-ring (bicyclic) bond motifs is 1. The van der Waals surface area contributed by atoms with Crippen LogP contribution in [0.3, 0.4) is 0 Å². The van der Waals surface area contributed by atoms with Gasteiger partial charge >= 0.3 is 11.8 Å². The van der Waals surface area contributed by atoms with Crippen LogP contribution in [0, 0.1) is 0 Å². The van der Waals surface area contributed by atoms with Crippen molar-refractivity contribution in [3.8, 4) is 0 Å². The first-order valence-corrected chi connectivity index (χ1v) is 10.9. The van der Waals surface area contributed by atoms with Gasteiger partial charge < -0.3 is 5.32 Å². The minimum absolute atomic E-state index is 0.125. The van der Waals surface area contributed by atoms with E-state index >= 15 is 0 Å². The number of carbonyl (C=O) groups is 2. The van der Waals surface area contributed by atoms with Crippen LogP contribution in [-0.4, -0.2) is 31.0 Å². The number of nitrogens with zero attached hydrogens (tertiary/aromatic N) is 1. The topological polar surface area (TPSA) is 83.6 Å². The molecule has 9 heteroatoms. The summed E-state index contributed by atoms with van der Waals surface area (Å²) in [5.74, 6) is -3.98. The third kappa shape index (κ3) is 3.44. The predicted octanol–water partition coefficient (Wildman–Crippen LogP) is 3.80. The number of amides is 3. The number of hydrogen-bond acceptors (Lipinski definition) is 4. The average molecular weight is 444 g/mol. The maximum Gasteiger partial charge on any atom is 0.341 e. The summed E-state index contributed by atoms with van der Waals surface area (Å²) in [6.45, 7) is 1.51. The van der Waals surface area contributed by atoms with Crippen LogP contribution in [0.1, 0.15) is 18.1 Å². The van der Waals surface area contributed by atoms with Crippen molar-refractivity contribution in [2.75, 3.05) is 0 Å². The van der Waals surface area contributed by atoms with Crippen LogP contribution in [0.4, 0.5) is 13.6 Å². The van der Waals surface area contributed by atoms with Crippen molar-refractivity contribution in [1.82, 2.24) is 10.2 Å². The van der Waals surface area contributed by atoms with Crippen LogP contribution < -0.4 is 5.32 Å². The van der Waals surface area contributed by atoms with Crippen molar-refractivity contribution in [3.63, 3.8) is 0 Å². The van der Waals surface area contributed by atoms with Crippen LogP contribution in [0.5, 0.6) is 0 Å². The lowest BCUT2D eigenvalue weighted by Crippen LogP contribution is -2.41. The zero-order valence-corrected chi connectivity index (χ0v) is 17.2. The molecule has 1 aliphatic heterocycles. The molecule has 1 aliphatic rings. The maximum absolute atomic E-state index is 13.2. The van der Waals surface area contributed by atoms with Gasteiger partial charge in [-0.2, -0.15) is 8.78 Å². The SMILES string of the molecule is CC1(c2cccc3ccccc23)NC(=O)N(Cc2ccc(S(=O)(=O)C(F)F)cc2)C1=O. The van der Waals surface area contributed by atoms with Gasteiger partial charge in [-0.15, -0.1) is 0 Å². The van der Waals surface area contributed by atoms with Gasteiger partial charge in [-0.05, 0) is 41.0 Å². The molecule has 0 radical (unpaired) electrons. The summed E-state index contributed by atoms with van der Waals surface area (Å²) in [4.78, 5) is 26.4. The van der Waals surface area contributed by atoms with Crippen molar-refractivity contribution in [1.29, 1.82) is 0 Å². The standard InChI is InChI=1S/C22H18F2N2O4S/c1-22(18-8-4-6-15-5-2-3-7-17(15)18)19(27)26(21(28)25-22)13-14-9-11-16(12-10-14)31(29,30)20(23)24/h2-12,20H,13H2,1H3,(H,25,28). The van der Waals surface area contributed by atoms with Gasteiger partial charge in [0.25, 0.3) is 5.91 Å². The Kier molecular flexibility index (Phi) is 5.01. The monoisotopic (exact) mass is 444 g/mol. The van der Waals surface area contributed by atoms with E-state index in [0.29, 0.717) is 11.1 Å². The van der Waals surface area contributed by atoms with Gasteiger partial charge in [-0.25, -0.2) is 13.2 Å². The van der Waals surface area contributed by atoms with Crippen molar-refractivity contribution < 1.29 is 26.8 Å². The third-order valence-corrected chi connectivity index (χ3v) is 6.83. The first kappa shape index (κ1) is 20.9. The Morgan fingerprint density at radius 3 is 2.29 bits per heavy atom. The Hall–Kier alpha value is -3.33. The van der Waals surface area contributed by atoms with E-state index in [9.17, 15) is 26.8 Å². The number of hydrogen-bond donors (Lipinski definition) is 1. The second-order valence-corrected chi connectivity index (χ2v) is 9.34. The summed E-state index contributed by atoms with van der Waals surface area (Å²) >= 11 is 0. The Balaban J connectivity index is 1.63. The minimum Gasteiger partial charge on any atom is -0.319 e. The van der Waals surface area contributed by atoms with E-state index in [2.05, 4.69) is 5.32 Å². The Labute approximate surface area is 177 Å². The molecule has 0 saturated carbocycles. The molecule has 3 amide bonds. The highest BCUT2D eigenvalue weighted by molar-refractivity contribution is 7.91. The normalized spacial score (nSPS) is 19.3. The molecule has 1 unspecified atom stereocenters. The highest BCUT2D eigenvalue weighted by Crippen LogP contribution is 2.34. The second-order valence-electron chi connectivity index (χ2n) is 7.42. The first-order valence-electron chi connectivity index (χ1n) is 9.38. The van der Waals surface area contributed by atoms with Gasteiger partial charge in [0.15, 0.2) is 0 Å². The lowest BCUT2D eigenvalue weighted by atomic mass is 9.88. The highest BCUT2D eigenvalue weighted by atomic mass is 32.2. The average Bonchev–Trinajstić information content (AvgIpc) is 2.97. The molecule has 1 fully saturated rings. The second kappa shape index (κ2) is 7.42. The zero-order valence-electron chi connectivity index (χ0n) is 16.4. The van der Waals surface area contributed by atoms with Crippen LogP contribution in [0.2, 0.25) is 0 Å². The molecule has 1 saturated heterocycles. The van der Waals surface area contributed by atoms with Crippen LogP contribution >= 0.6 is 0 Å². The summed E-state index contributed by atoms with van der Waals surface area (Å²) in [6.07, 6.45) is 0. The molecule has 0 spiro atoms. The van der Waals surface area contributed by atoms with Crippen molar-refractivity contribution in [2.24, 2.45) is 0 Å². The molecule has 1 N–H and O–H groups in total. The molecule has 3 aromatic carbocycles. The van der Waals surface area contributed by atoms with Gasteiger partial charge in [0.05, 0.1) is 11.4 Å². The number of carbonyl (C=O) groups excluding carboxylic acids is 2. The number of halogens is 2. The van der Waals surface area contributed by atoms with E-state index in [4.69, 9.17) is 0 Å². The molecule has 3 aromatic rings. The summed E-state index contributed by atoms with van der Waals surface area (Å²) < 4.78 is 48.5. The lowest BCUT2D eigenvalue weighted by molar-refractivity contribution is -0.131. The van der Waals surface area contributed by atoms with Crippen LogP contribution in [-0.2, 0) is 26.7 Å². The molecule has 1 atom stereocenters. The number of imide groups is 1. The van der Waals surface area contributed by atoms with Gasteiger partial charge in [0.1, 0.15) is 5.54 Å². The number of nitrogens with one attached hydrogen (secondary N) is 1. The van der Waals surface area contributed by atoms with Gasteiger partial charge in [0.2, 0.25) is 9.84 Å². The summed E-state index contributed by atoms with van der Waals surface area (Å²) in [5, 5.41) is 4.52. The largest absolute Gasteiger partial charge is 0.341 e. The van der Waals surface area contributed by atoms with Crippen molar-refractivity contribution >= 4 is 32.5 Å². The van der Waals surface area contributed by atoms with E-state index in [0.717, 1.165) is 27.8 Å². The number of alkyl halides is 2. The number of rotatable bonds is 5. The van der Waals surface area contributed by atoms with Gasteiger partial charge in [0, 0.05) is 0 Å². The number of benzene rings is 3. The molecule has 0 aliphatic carbocycles. The fourth-order valence-corrected chi connectivity index (χ4v) is 4.48. The fourth-order valence-electron chi connectivity index (χ4n) is 3.75. The molecule has 0 aromatic heterocycles. The van der Waals surface area contributed by atoms with Crippen molar-refractivity contribution in [2.45, 2.75) is 29.7 Å². The Morgan fingerprint density at radius 2 is 1.61 bits per heavy atom. The quantitative estimate of drug-likeness (QED) is 0.607. The minimum atomic E-state index is -4.71. The van der Waals surface area contributed by atoms with Crippen molar-refractivity contribution in [3.05, 3.63) is 77.9 Å². The molecule has 4 rings (SSSR count). The summed E-state index contributed by atoms with van der Waals surface area (Å²) in [6, 6.07) is 17.1. The van der Waals surface area contributed by atoms with Gasteiger partial charge in [-0.1, -0.05) is 54.6 Å². The molecule has 6 nitrogen and oxygen atoms in total. The predicted molar refractivity (Wildman–Crippen MR) is 110 cm³/mol. The summed E-state index contributed by atoms with van der Waals surface area (Å²) in [5.41, 5.74) is -0.194. The Morgan fingerprint density at radius 1 is 0.968 bits per heavy atom. The van der Waals surface area contributed by atoms with E-state index in [1.54, 1.807) is 13.0 Å².